The zero-order valence-corrected chi connectivity index (χ0v) is 11.8. The number of hydrogen-bond donors (Lipinski definition) is 1. The molecule has 5 nitrogen and oxygen atoms in total. The fourth-order valence-electron chi connectivity index (χ4n) is 1.85. The minimum absolute atomic E-state index is 0.0277. The number of rotatable bonds is 5. The molecule has 6 heteroatoms. The number of carbonyl (C=O) groups excluding carboxylic acids is 1. The number of hydrogen-bond acceptors (Lipinski definition) is 4. The maximum absolute atomic E-state index is 12.6. The maximum Gasteiger partial charge on any atom is 0.216 e. The molecule has 0 saturated heterocycles. The van der Waals surface area contributed by atoms with Gasteiger partial charge in [0.05, 0.1) is 11.2 Å². The van der Waals surface area contributed by atoms with Crippen molar-refractivity contribution < 1.29 is 17.6 Å². The molecule has 20 heavy (non-hydrogen) atoms. The van der Waals surface area contributed by atoms with Crippen LogP contribution in [-0.4, -0.2) is 20.9 Å². The molecule has 1 amide bonds. The zero-order chi connectivity index (χ0) is 14.6. The van der Waals surface area contributed by atoms with Crippen LogP contribution in [0.25, 0.3) is 0 Å². The highest BCUT2D eigenvalue weighted by Crippen LogP contribution is 2.28. The van der Waals surface area contributed by atoms with Crippen LogP contribution in [-0.2, 0) is 14.6 Å². The Hall–Kier alpha value is -2.08. The number of carbonyl (C=O) groups is 1. The Kier molecular flexibility index (Phi) is 4.24. The molecule has 0 aliphatic rings. The second kappa shape index (κ2) is 5.92. The number of amides is 1. The van der Waals surface area contributed by atoms with Crippen LogP contribution in [0.2, 0.25) is 0 Å². The average molecular weight is 293 g/mol. The van der Waals surface area contributed by atoms with E-state index in [0.717, 1.165) is 0 Å². The lowest BCUT2D eigenvalue weighted by Gasteiger charge is -2.16. The van der Waals surface area contributed by atoms with Gasteiger partial charge in [-0.25, -0.2) is 8.42 Å². The third-order valence-electron chi connectivity index (χ3n) is 2.84. The molecule has 0 aliphatic heterocycles. The van der Waals surface area contributed by atoms with Gasteiger partial charge in [-0.2, -0.15) is 0 Å². The highest BCUT2D eigenvalue weighted by molar-refractivity contribution is 7.91. The lowest BCUT2D eigenvalue weighted by Crippen LogP contribution is -2.30. The molecule has 1 heterocycles. The molecule has 1 aromatic heterocycles. The van der Waals surface area contributed by atoms with Gasteiger partial charge < -0.3 is 9.73 Å². The van der Waals surface area contributed by atoms with Crippen molar-refractivity contribution in [1.82, 2.24) is 5.32 Å². The van der Waals surface area contributed by atoms with Gasteiger partial charge in [-0.3, -0.25) is 4.79 Å². The van der Waals surface area contributed by atoms with E-state index in [1.807, 2.05) is 0 Å². The van der Waals surface area contributed by atoms with Crippen molar-refractivity contribution in [3.8, 4) is 0 Å². The fraction of sp³-hybridized carbons (Fsp3) is 0.214. The second-order valence-corrected chi connectivity index (χ2v) is 6.43. The van der Waals surface area contributed by atoms with E-state index in [4.69, 9.17) is 4.42 Å². The number of sulfone groups is 1. The first-order chi connectivity index (χ1) is 9.51. The standard InChI is InChI=1S/C14H15NO4S/c1-11(16)15-10-14(13-8-5-9-19-13)20(17,18)12-6-3-2-4-7-12/h2-9,14H,10H2,1H3,(H,15,16). The molecular formula is C14H15NO4S. The Morgan fingerprint density at radius 3 is 2.45 bits per heavy atom. The van der Waals surface area contributed by atoms with E-state index in [1.54, 1.807) is 30.3 Å². The van der Waals surface area contributed by atoms with Gasteiger partial charge in [0.15, 0.2) is 9.84 Å². The predicted molar refractivity (Wildman–Crippen MR) is 73.8 cm³/mol. The molecule has 1 atom stereocenters. The van der Waals surface area contributed by atoms with Crippen molar-refractivity contribution in [2.24, 2.45) is 0 Å². The van der Waals surface area contributed by atoms with E-state index in [9.17, 15) is 13.2 Å². The minimum Gasteiger partial charge on any atom is -0.468 e. The molecule has 1 aromatic carbocycles. The molecule has 0 saturated carbocycles. The molecule has 0 fully saturated rings. The first kappa shape index (κ1) is 14.3. The Morgan fingerprint density at radius 1 is 1.20 bits per heavy atom. The zero-order valence-electron chi connectivity index (χ0n) is 10.9. The van der Waals surface area contributed by atoms with Gasteiger partial charge >= 0.3 is 0 Å². The van der Waals surface area contributed by atoms with E-state index in [1.165, 1.54) is 25.3 Å². The van der Waals surface area contributed by atoms with Crippen LogP contribution in [0.5, 0.6) is 0 Å². The van der Waals surface area contributed by atoms with Gasteiger partial charge in [0, 0.05) is 13.5 Å². The van der Waals surface area contributed by atoms with Crippen molar-refractivity contribution in [1.29, 1.82) is 0 Å². The van der Waals surface area contributed by atoms with E-state index >= 15 is 0 Å². The van der Waals surface area contributed by atoms with Crippen molar-refractivity contribution in [3.63, 3.8) is 0 Å². The summed E-state index contributed by atoms with van der Waals surface area (Å²) in [7, 11) is -3.63. The van der Waals surface area contributed by atoms with Crippen molar-refractivity contribution in [2.75, 3.05) is 6.54 Å². The molecule has 1 N–H and O–H groups in total. The molecule has 0 radical (unpaired) electrons. The van der Waals surface area contributed by atoms with Crippen molar-refractivity contribution in [3.05, 3.63) is 54.5 Å². The van der Waals surface area contributed by atoms with Crippen LogP contribution in [0.15, 0.2) is 58.0 Å². The summed E-state index contributed by atoms with van der Waals surface area (Å²) in [5, 5.41) is 1.59. The van der Waals surface area contributed by atoms with Crippen LogP contribution < -0.4 is 5.32 Å². The molecule has 0 spiro atoms. The first-order valence-electron chi connectivity index (χ1n) is 6.08. The lowest BCUT2D eigenvalue weighted by molar-refractivity contribution is -0.118. The fourth-order valence-corrected chi connectivity index (χ4v) is 3.46. The van der Waals surface area contributed by atoms with Crippen molar-refractivity contribution >= 4 is 15.7 Å². The van der Waals surface area contributed by atoms with Gasteiger partial charge in [-0.05, 0) is 24.3 Å². The Morgan fingerprint density at radius 2 is 1.90 bits per heavy atom. The van der Waals surface area contributed by atoms with Crippen molar-refractivity contribution in [2.45, 2.75) is 17.1 Å². The first-order valence-corrected chi connectivity index (χ1v) is 7.63. The van der Waals surface area contributed by atoms with Gasteiger partial charge in [0.25, 0.3) is 0 Å². The van der Waals surface area contributed by atoms with Crippen LogP contribution >= 0.6 is 0 Å². The second-order valence-electron chi connectivity index (χ2n) is 4.30. The lowest BCUT2D eigenvalue weighted by atomic mass is 10.3. The predicted octanol–water partition coefficient (Wildman–Crippen LogP) is 1.93. The van der Waals surface area contributed by atoms with Gasteiger partial charge in [0.2, 0.25) is 5.91 Å². The number of furan rings is 1. The average Bonchev–Trinajstić information content (AvgIpc) is 2.93. The Balaban J connectivity index is 2.38. The van der Waals surface area contributed by atoms with Gasteiger partial charge in [0.1, 0.15) is 11.0 Å². The summed E-state index contributed by atoms with van der Waals surface area (Å²) < 4.78 is 30.5. The largest absolute Gasteiger partial charge is 0.468 e. The van der Waals surface area contributed by atoms with E-state index in [0.29, 0.717) is 5.76 Å². The molecule has 0 aliphatic carbocycles. The molecule has 2 aromatic rings. The Labute approximate surface area is 117 Å². The number of nitrogens with one attached hydrogen (secondary N) is 1. The topological polar surface area (TPSA) is 76.4 Å². The summed E-state index contributed by atoms with van der Waals surface area (Å²) in [6.07, 6.45) is 1.41. The summed E-state index contributed by atoms with van der Waals surface area (Å²) in [6.45, 7) is 1.31. The summed E-state index contributed by atoms with van der Waals surface area (Å²) in [5.41, 5.74) is 0. The molecule has 1 unspecified atom stereocenters. The molecule has 2 rings (SSSR count). The molecular weight excluding hydrogens is 278 g/mol. The summed E-state index contributed by atoms with van der Waals surface area (Å²) in [4.78, 5) is 11.2. The van der Waals surface area contributed by atoms with E-state index < -0.39 is 15.1 Å². The maximum atomic E-state index is 12.6. The molecule has 0 bridgehead atoms. The van der Waals surface area contributed by atoms with Crippen LogP contribution in [0.3, 0.4) is 0 Å². The quantitative estimate of drug-likeness (QED) is 0.914. The summed E-state index contributed by atoms with van der Waals surface area (Å²) >= 11 is 0. The van der Waals surface area contributed by atoms with E-state index in [2.05, 4.69) is 5.32 Å². The Bertz CT molecular complexity index is 662. The normalized spacial score (nSPS) is 12.8. The third kappa shape index (κ3) is 3.08. The highest BCUT2D eigenvalue weighted by atomic mass is 32.2. The third-order valence-corrected chi connectivity index (χ3v) is 4.92. The molecule has 106 valence electrons. The van der Waals surface area contributed by atoms with Crippen LogP contribution in [0.1, 0.15) is 17.9 Å². The number of benzene rings is 1. The monoisotopic (exact) mass is 293 g/mol. The van der Waals surface area contributed by atoms with Gasteiger partial charge in [-0.15, -0.1) is 0 Å². The van der Waals surface area contributed by atoms with Crippen LogP contribution in [0.4, 0.5) is 0 Å². The smallest absolute Gasteiger partial charge is 0.216 e. The SMILES string of the molecule is CC(=O)NCC(c1ccco1)S(=O)(=O)c1ccccc1. The summed E-state index contributed by atoms with van der Waals surface area (Å²) in [5.74, 6) is 0.0208. The van der Waals surface area contributed by atoms with Gasteiger partial charge in [-0.1, -0.05) is 18.2 Å². The van der Waals surface area contributed by atoms with Crippen LogP contribution in [0, 0.1) is 0 Å². The summed E-state index contributed by atoms with van der Waals surface area (Å²) in [6, 6.07) is 11.3. The minimum atomic E-state index is -3.63. The van der Waals surface area contributed by atoms with E-state index in [-0.39, 0.29) is 17.3 Å². The highest BCUT2D eigenvalue weighted by Gasteiger charge is 2.31.